The molecule has 148 valence electrons. The van der Waals surface area contributed by atoms with Crippen LogP contribution in [0.25, 0.3) is 15.9 Å². The van der Waals surface area contributed by atoms with Crippen molar-refractivity contribution in [1.29, 1.82) is 0 Å². The Morgan fingerprint density at radius 1 is 0.966 bits per heavy atom. The Labute approximate surface area is 172 Å². The summed E-state index contributed by atoms with van der Waals surface area (Å²) in [5.74, 6) is 0.706. The third kappa shape index (κ3) is 3.51. The average Bonchev–Trinajstić information content (AvgIpc) is 3.20. The lowest BCUT2D eigenvalue weighted by atomic mass is 10.1. The summed E-state index contributed by atoms with van der Waals surface area (Å²) in [6.45, 7) is 7.00. The summed E-state index contributed by atoms with van der Waals surface area (Å²) < 4.78 is 8.96. The first-order valence-corrected chi connectivity index (χ1v) is 10.4. The number of nitrogens with zero attached hydrogens (tertiary/aromatic N) is 2. The third-order valence-corrected chi connectivity index (χ3v) is 5.96. The van der Waals surface area contributed by atoms with Gasteiger partial charge in [0.05, 0.1) is 24.4 Å². The van der Waals surface area contributed by atoms with E-state index in [4.69, 9.17) is 4.74 Å². The van der Waals surface area contributed by atoms with Crippen LogP contribution in [0.15, 0.2) is 63.5 Å². The first-order chi connectivity index (χ1) is 14.0. The highest BCUT2D eigenvalue weighted by Gasteiger charge is 2.16. The highest BCUT2D eigenvalue weighted by atomic mass is 32.1. The second-order valence-electron chi connectivity index (χ2n) is 6.99. The van der Waals surface area contributed by atoms with Crippen molar-refractivity contribution in [1.82, 2.24) is 9.13 Å². The summed E-state index contributed by atoms with van der Waals surface area (Å²) >= 11 is 1.36. The number of hydrogen-bond acceptors (Lipinski definition) is 4. The lowest BCUT2D eigenvalue weighted by Crippen LogP contribution is -2.38. The summed E-state index contributed by atoms with van der Waals surface area (Å²) in [6.07, 6.45) is 0. The molecule has 0 atom stereocenters. The molecule has 4 rings (SSSR count). The number of aromatic nitrogens is 2. The normalized spacial score (nSPS) is 11.1. The molecule has 0 aliphatic carbocycles. The molecule has 0 saturated heterocycles. The van der Waals surface area contributed by atoms with E-state index >= 15 is 0 Å². The molecule has 0 spiro atoms. The summed E-state index contributed by atoms with van der Waals surface area (Å²) in [7, 11) is 0. The van der Waals surface area contributed by atoms with Gasteiger partial charge < -0.3 is 4.74 Å². The van der Waals surface area contributed by atoms with Crippen LogP contribution in [0.3, 0.4) is 0 Å². The van der Waals surface area contributed by atoms with Gasteiger partial charge in [0.25, 0.3) is 5.56 Å². The zero-order valence-corrected chi connectivity index (χ0v) is 17.5. The first-order valence-electron chi connectivity index (χ1n) is 9.52. The molecule has 2 aromatic carbocycles. The summed E-state index contributed by atoms with van der Waals surface area (Å²) in [5.41, 5.74) is 3.99. The zero-order chi connectivity index (χ0) is 20.5. The van der Waals surface area contributed by atoms with Crippen molar-refractivity contribution < 1.29 is 4.74 Å². The van der Waals surface area contributed by atoms with Gasteiger partial charge >= 0.3 is 5.69 Å². The largest absolute Gasteiger partial charge is 0.494 e. The van der Waals surface area contributed by atoms with Crippen molar-refractivity contribution in [2.75, 3.05) is 6.61 Å². The van der Waals surface area contributed by atoms with Crippen LogP contribution < -0.4 is 16.0 Å². The maximum Gasteiger partial charge on any atom is 0.336 e. The van der Waals surface area contributed by atoms with Crippen molar-refractivity contribution in [3.05, 3.63) is 91.4 Å². The predicted octanol–water partition coefficient (Wildman–Crippen LogP) is 4.28. The van der Waals surface area contributed by atoms with E-state index in [1.54, 1.807) is 28.8 Å². The second kappa shape index (κ2) is 7.72. The van der Waals surface area contributed by atoms with E-state index in [-0.39, 0.29) is 11.2 Å². The predicted molar refractivity (Wildman–Crippen MR) is 118 cm³/mol. The standard InChI is InChI=1S/C23H22N2O3S/c1-4-28-19-9-7-18(8-10-19)25-22(26)21-20(11-12-29-21)24(23(25)27)14-17-6-5-15(2)16(3)13-17/h5-13H,4,14H2,1-3H3. The van der Waals surface area contributed by atoms with Crippen molar-refractivity contribution in [2.24, 2.45) is 0 Å². The van der Waals surface area contributed by atoms with Crippen LogP contribution in [0.4, 0.5) is 0 Å². The molecular formula is C23H22N2O3S. The number of rotatable bonds is 5. The quantitative estimate of drug-likeness (QED) is 0.497. The Balaban J connectivity index is 1.89. The Kier molecular flexibility index (Phi) is 5.11. The Morgan fingerprint density at radius 2 is 1.72 bits per heavy atom. The van der Waals surface area contributed by atoms with Gasteiger partial charge in [0.2, 0.25) is 0 Å². The van der Waals surface area contributed by atoms with E-state index in [1.807, 2.05) is 24.4 Å². The Morgan fingerprint density at radius 3 is 2.41 bits per heavy atom. The van der Waals surface area contributed by atoms with Gasteiger partial charge in [0, 0.05) is 0 Å². The van der Waals surface area contributed by atoms with Gasteiger partial charge in [-0.2, -0.15) is 0 Å². The van der Waals surface area contributed by atoms with Crippen LogP contribution >= 0.6 is 11.3 Å². The fraction of sp³-hybridized carbons (Fsp3) is 0.217. The van der Waals surface area contributed by atoms with Crippen LogP contribution in [0.2, 0.25) is 0 Å². The number of aryl methyl sites for hydroxylation is 2. The number of hydrogen-bond donors (Lipinski definition) is 0. The Bertz CT molecular complexity index is 1300. The molecule has 0 radical (unpaired) electrons. The SMILES string of the molecule is CCOc1ccc(-n2c(=O)c3sccc3n(Cc3ccc(C)c(C)c3)c2=O)cc1. The minimum Gasteiger partial charge on any atom is -0.494 e. The average molecular weight is 407 g/mol. The fourth-order valence-corrected chi connectivity index (χ4v) is 4.23. The molecule has 5 nitrogen and oxygen atoms in total. The molecule has 2 aromatic heterocycles. The van der Waals surface area contributed by atoms with E-state index < -0.39 is 0 Å². The van der Waals surface area contributed by atoms with Gasteiger partial charge in [-0.25, -0.2) is 9.36 Å². The van der Waals surface area contributed by atoms with Crippen LogP contribution in [-0.4, -0.2) is 15.7 Å². The minimum absolute atomic E-state index is 0.291. The highest BCUT2D eigenvalue weighted by molar-refractivity contribution is 7.17. The lowest BCUT2D eigenvalue weighted by molar-refractivity contribution is 0.340. The minimum atomic E-state index is -0.344. The van der Waals surface area contributed by atoms with Crippen LogP contribution in [0, 0.1) is 13.8 Å². The molecule has 0 unspecified atom stereocenters. The summed E-state index contributed by atoms with van der Waals surface area (Å²) in [4.78, 5) is 26.4. The van der Waals surface area contributed by atoms with Gasteiger partial charge in [0.15, 0.2) is 0 Å². The molecule has 4 aromatic rings. The van der Waals surface area contributed by atoms with E-state index in [1.165, 1.54) is 27.0 Å². The number of fused-ring (bicyclic) bond motifs is 1. The van der Waals surface area contributed by atoms with Crippen molar-refractivity contribution >= 4 is 21.6 Å². The van der Waals surface area contributed by atoms with Gasteiger partial charge in [-0.05, 0) is 73.2 Å². The number of ether oxygens (including phenoxy) is 1. The maximum absolute atomic E-state index is 13.4. The van der Waals surface area contributed by atoms with Crippen molar-refractivity contribution in [2.45, 2.75) is 27.3 Å². The molecule has 0 aliphatic rings. The second-order valence-corrected chi connectivity index (χ2v) is 7.91. The van der Waals surface area contributed by atoms with E-state index in [9.17, 15) is 9.59 Å². The molecule has 29 heavy (non-hydrogen) atoms. The molecule has 0 N–H and O–H groups in total. The maximum atomic E-state index is 13.4. The van der Waals surface area contributed by atoms with E-state index in [2.05, 4.69) is 26.0 Å². The van der Waals surface area contributed by atoms with Gasteiger partial charge in [0.1, 0.15) is 10.4 Å². The van der Waals surface area contributed by atoms with Crippen molar-refractivity contribution in [3.8, 4) is 11.4 Å². The summed E-state index contributed by atoms with van der Waals surface area (Å²) in [5, 5.41) is 1.85. The first kappa shape index (κ1) is 19.2. The topological polar surface area (TPSA) is 53.2 Å². The smallest absolute Gasteiger partial charge is 0.336 e. The molecule has 0 amide bonds. The third-order valence-electron chi connectivity index (χ3n) is 5.07. The Hall–Kier alpha value is -3.12. The van der Waals surface area contributed by atoms with Crippen LogP contribution in [-0.2, 0) is 6.54 Å². The number of benzene rings is 2. The molecule has 0 aliphatic heterocycles. The zero-order valence-electron chi connectivity index (χ0n) is 16.6. The fourth-order valence-electron chi connectivity index (χ4n) is 3.41. The highest BCUT2D eigenvalue weighted by Crippen LogP contribution is 2.19. The van der Waals surface area contributed by atoms with Crippen LogP contribution in [0.5, 0.6) is 5.75 Å². The van der Waals surface area contributed by atoms with E-state index in [0.717, 1.165) is 5.56 Å². The van der Waals surface area contributed by atoms with Gasteiger partial charge in [-0.3, -0.25) is 9.36 Å². The van der Waals surface area contributed by atoms with Crippen molar-refractivity contribution in [3.63, 3.8) is 0 Å². The molecule has 0 fully saturated rings. The molecule has 0 bridgehead atoms. The molecule has 2 heterocycles. The monoisotopic (exact) mass is 406 g/mol. The molecule has 0 saturated carbocycles. The number of thiophene rings is 1. The molecular weight excluding hydrogens is 384 g/mol. The van der Waals surface area contributed by atoms with Gasteiger partial charge in [-0.15, -0.1) is 11.3 Å². The van der Waals surface area contributed by atoms with Gasteiger partial charge in [-0.1, -0.05) is 18.2 Å². The van der Waals surface area contributed by atoms with E-state index in [0.29, 0.717) is 34.8 Å². The van der Waals surface area contributed by atoms with Crippen LogP contribution in [0.1, 0.15) is 23.6 Å². The lowest BCUT2D eigenvalue weighted by Gasteiger charge is -2.13. The molecule has 6 heteroatoms. The summed E-state index contributed by atoms with van der Waals surface area (Å²) in [6, 6.07) is 15.1.